The molecule has 0 bridgehead atoms. The minimum atomic E-state index is -0.885. The molecule has 8 nitrogen and oxygen atoms in total. The number of aromatic nitrogens is 1. The first-order valence-corrected chi connectivity index (χ1v) is 15.7. The third-order valence-corrected chi connectivity index (χ3v) is 8.59. The van der Waals surface area contributed by atoms with Crippen molar-refractivity contribution in [3.05, 3.63) is 53.9 Å². The lowest BCUT2D eigenvalue weighted by atomic mass is 9.82. The molecule has 1 saturated heterocycles. The van der Waals surface area contributed by atoms with Crippen LogP contribution in [0.25, 0.3) is 0 Å². The van der Waals surface area contributed by atoms with Crippen molar-refractivity contribution < 1.29 is 19.1 Å². The van der Waals surface area contributed by atoms with Gasteiger partial charge < -0.3 is 15.0 Å². The SMILES string of the molecule is C[C@@H]1CC[C@H](C(=O)N(C2C=CC(C(C)(C)C)=CC2)C(C(=O)NC2CCCCC2)c2cccnc2)N1C(=O)OC(C)(C)C. The zero-order chi connectivity index (χ0) is 30.7. The van der Waals surface area contributed by atoms with Crippen LogP contribution >= 0.6 is 0 Å². The minimum absolute atomic E-state index is 0.0359. The van der Waals surface area contributed by atoms with Crippen molar-refractivity contribution in [1.82, 2.24) is 20.1 Å². The van der Waals surface area contributed by atoms with Crippen LogP contribution in [0.3, 0.4) is 0 Å². The van der Waals surface area contributed by atoms with Crippen molar-refractivity contribution in [3.63, 3.8) is 0 Å². The molecule has 4 atom stereocenters. The summed E-state index contributed by atoms with van der Waals surface area (Å²) in [4.78, 5) is 50.0. The van der Waals surface area contributed by atoms with Gasteiger partial charge in [-0.2, -0.15) is 0 Å². The van der Waals surface area contributed by atoms with Gasteiger partial charge in [0, 0.05) is 30.0 Å². The van der Waals surface area contributed by atoms with Gasteiger partial charge in [0.15, 0.2) is 0 Å². The van der Waals surface area contributed by atoms with Crippen molar-refractivity contribution >= 4 is 17.9 Å². The molecule has 8 heteroatoms. The van der Waals surface area contributed by atoms with Crippen LogP contribution in [0.2, 0.25) is 0 Å². The van der Waals surface area contributed by atoms with Crippen LogP contribution in [0.1, 0.15) is 111 Å². The van der Waals surface area contributed by atoms with Crippen LogP contribution in [0.15, 0.2) is 48.3 Å². The highest BCUT2D eigenvalue weighted by Crippen LogP contribution is 2.36. The number of pyridine rings is 1. The third-order valence-electron chi connectivity index (χ3n) is 8.59. The van der Waals surface area contributed by atoms with Gasteiger partial charge >= 0.3 is 6.09 Å². The van der Waals surface area contributed by atoms with Crippen molar-refractivity contribution in [2.45, 2.75) is 136 Å². The summed E-state index contributed by atoms with van der Waals surface area (Å²) >= 11 is 0. The molecular formula is C34H50N4O4. The average molecular weight is 579 g/mol. The standard InChI is InChI=1S/C34H50N4O4/c1-23-15-20-28(37(23)32(41)42-34(5,6)7)31(40)38(27-18-16-25(17-19-27)33(2,3)4)29(24-12-11-21-35-22-24)30(39)36-26-13-9-8-10-14-26/h11-12,16-18,21-23,26-29H,8-10,13-15,19-20H2,1-7H3,(H,36,39)/t23-,27?,28-,29?/m1/s1. The Hall–Kier alpha value is -3.16. The number of hydrogen-bond donors (Lipinski definition) is 1. The molecule has 0 spiro atoms. The molecule has 2 unspecified atom stereocenters. The molecule has 230 valence electrons. The van der Waals surface area contributed by atoms with Gasteiger partial charge in [-0.1, -0.05) is 64.3 Å². The van der Waals surface area contributed by atoms with Gasteiger partial charge in [-0.15, -0.1) is 0 Å². The molecule has 3 amide bonds. The zero-order valence-corrected chi connectivity index (χ0v) is 26.6. The van der Waals surface area contributed by atoms with Gasteiger partial charge in [0.05, 0.1) is 6.04 Å². The number of ether oxygens (including phenoxy) is 1. The first-order chi connectivity index (χ1) is 19.8. The van der Waals surface area contributed by atoms with E-state index in [0.717, 1.165) is 25.7 Å². The third kappa shape index (κ3) is 7.61. The Labute approximate surface area is 252 Å². The van der Waals surface area contributed by atoms with Gasteiger partial charge in [-0.05, 0) is 76.9 Å². The van der Waals surface area contributed by atoms with E-state index in [1.165, 1.54) is 12.0 Å². The van der Waals surface area contributed by atoms with E-state index in [1.54, 1.807) is 28.3 Å². The fourth-order valence-corrected chi connectivity index (χ4v) is 6.38. The Morgan fingerprint density at radius 1 is 1.05 bits per heavy atom. The molecule has 1 N–H and O–H groups in total. The number of likely N-dealkylation sites (tertiary alicyclic amines) is 1. The summed E-state index contributed by atoms with van der Waals surface area (Å²) < 4.78 is 5.75. The number of carbonyl (C=O) groups is 3. The molecular weight excluding hydrogens is 528 g/mol. The number of rotatable bonds is 6. The lowest BCUT2D eigenvalue weighted by Crippen LogP contribution is -2.56. The van der Waals surface area contributed by atoms with Crippen LogP contribution in [-0.4, -0.2) is 62.5 Å². The van der Waals surface area contributed by atoms with Crippen molar-refractivity contribution in [3.8, 4) is 0 Å². The Morgan fingerprint density at radius 3 is 2.33 bits per heavy atom. The Bertz CT molecular complexity index is 1170. The van der Waals surface area contributed by atoms with Crippen molar-refractivity contribution in [2.75, 3.05) is 0 Å². The number of amides is 3. The number of carbonyl (C=O) groups excluding carboxylic acids is 3. The zero-order valence-electron chi connectivity index (χ0n) is 26.6. The van der Waals surface area contributed by atoms with Crippen LogP contribution in [0.4, 0.5) is 4.79 Å². The molecule has 2 aliphatic carbocycles. The fourth-order valence-electron chi connectivity index (χ4n) is 6.38. The van der Waals surface area contributed by atoms with Crippen molar-refractivity contribution in [1.29, 1.82) is 0 Å². The van der Waals surface area contributed by atoms with Gasteiger partial charge in [0.2, 0.25) is 11.8 Å². The summed E-state index contributed by atoms with van der Waals surface area (Å²) in [5, 5.41) is 3.28. The smallest absolute Gasteiger partial charge is 0.411 e. The summed E-state index contributed by atoms with van der Waals surface area (Å²) in [6, 6.07) is 1.63. The van der Waals surface area contributed by atoms with Gasteiger partial charge in [0.25, 0.3) is 0 Å². The van der Waals surface area contributed by atoms with E-state index in [4.69, 9.17) is 4.74 Å². The van der Waals surface area contributed by atoms with Gasteiger partial charge in [-0.25, -0.2) is 4.79 Å². The van der Waals surface area contributed by atoms with Crippen LogP contribution in [0.5, 0.6) is 0 Å². The highest BCUT2D eigenvalue weighted by Gasteiger charge is 2.47. The first kappa shape index (κ1) is 31.8. The second-order valence-corrected chi connectivity index (χ2v) is 14.2. The molecule has 4 rings (SSSR count). The number of allylic oxidation sites excluding steroid dienone is 2. The highest BCUT2D eigenvalue weighted by atomic mass is 16.6. The predicted octanol–water partition coefficient (Wildman–Crippen LogP) is 6.49. The minimum Gasteiger partial charge on any atom is -0.444 e. The quantitative estimate of drug-likeness (QED) is 0.417. The summed E-state index contributed by atoms with van der Waals surface area (Å²) in [6.45, 7) is 13.9. The maximum Gasteiger partial charge on any atom is 0.411 e. The molecule has 1 saturated carbocycles. The lowest BCUT2D eigenvalue weighted by Gasteiger charge is -2.41. The van der Waals surface area contributed by atoms with E-state index in [2.05, 4.69) is 43.2 Å². The Kier molecular flexibility index (Phi) is 9.84. The normalized spacial score (nSPS) is 24.1. The largest absolute Gasteiger partial charge is 0.444 e. The van der Waals surface area contributed by atoms with E-state index < -0.39 is 23.8 Å². The fraction of sp³-hybridized carbons (Fsp3) is 0.647. The first-order valence-electron chi connectivity index (χ1n) is 15.7. The van der Waals surface area contributed by atoms with Gasteiger partial charge in [-0.3, -0.25) is 19.5 Å². The Balaban J connectivity index is 1.74. The molecule has 2 heterocycles. The maximum atomic E-state index is 14.8. The summed E-state index contributed by atoms with van der Waals surface area (Å²) in [5.41, 5.74) is 1.13. The summed E-state index contributed by atoms with van der Waals surface area (Å²) in [5.74, 6) is -0.433. The number of nitrogens with zero attached hydrogens (tertiary/aromatic N) is 3. The Morgan fingerprint density at radius 2 is 1.76 bits per heavy atom. The molecule has 1 aromatic rings. The highest BCUT2D eigenvalue weighted by molar-refractivity contribution is 5.93. The van der Waals surface area contributed by atoms with Crippen LogP contribution in [0, 0.1) is 5.41 Å². The van der Waals surface area contributed by atoms with Crippen LogP contribution < -0.4 is 5.32 Å². The molecule has 2 fully saturated rings. The maximum absolute atomic E-state index is 14.8. The van der Waals surface area contributed by atoms with E-state index in [-0.39, 0.29) is 35.4 Å². The van der Waals surface area contributed by atoms with E-state index in [1.807, 2.05) is 39.8 Å². The predicted molar refractivity (Wildman–Crippen MR) is 164 cm³/mol. The molecule has 3 aliphatic rings. The number of hydrogen-bond acceptors (Lipinski definition) is 5. The molecule has 1 aliphatic heterocycles. The summed E-state index contributed by atoms with van der Waals surface area (Å²) in [6.07, 6.45) is 16.2. The van der Waals surface area contributed by atoms with Crippen LogP contribution in [-0.2, 0) is 14.3 Å². The topological polar surface area (TPSA) is 91.8 Å². The molecule has 42 heavy (non-hydrogen) atoms. The summed E-state index contributed by atoms with van der Waals surface area (Å²) in [7, 11) is 0. The number of nitrogens with one attached hydrogen (secondary N) is 1. The molecule has 0 aromatic carbocycles. The monoisotopic (exact) mass is 578 g/mol. The van der Waals surface area contributed by atoms with E-state index in [9.17, 15) is 14.4 Å². The van der Waals surface area contributed by atoms with E-state index >= 15 is 0 Å². The second kappa shape index (κ2) is 13.0. The molecule has 1 aromatic heterocycles. The average Bonchev–Trinajstić information content (AvgIpc) is 3.32. The molecule has 0 radical (unpaired) electrons. The van der Waals surface area contributed by atoms with Crippen molar-refractivity contribution in [2.24, 2.45) is 5.41 Å². The lowest BCUT2D eigenvalue weighted by molar-refractivity contribution is -0.146. The second-order valence-electron chi connectivity index (χ2n) is 14.2. The van der Waals surface area contributed by atoms with Gasteiger partial charge in [0.1, 0.15) is 17.7 Å². The van der Waals surface area contributed by atoms with E-state index in [0.29, 0.717) is 24.8 Å².